The lowest BCUT2D eigenvalue weighted by Gasteiger charge is -2.35. The van der Waals surface area contributed by atoms with Crippen LogP contribution in [0.4, 0.5) is 4.39 Å². The topological polar surface area (TPSA) is 53.1 Å². The quantitative estimate of drug-likeness (QED) is 0.779. The fourth-order valence-electron chi connectivity index (χ4n) is 2.96. The highest BCUT2D eigenvalue weighted by Gasteiger charge is 2.24. The molecule has 0 aliphatic carbocycles. The van der Waals surface area contributed by atoms with E-state index in [9.17, 15) is 14.0 Å². The normalized spacial score (nSPS) is 15.1. The highest BCUT2D eigenvalue weighted by atomic mass is 19.1. The second-order valence-electron chi connectivity index (χ2n) is 5.98. The van der Waals surface area contributed by atoms with Crippen molar-refractivity contribution in [1.29, 1.82) is 0 Å². The Morgan fingerprint density at radius 3 is 2.32 bits per heavy atom. The molecule has 0 radical (unpaired) electrons. The van der Waals surface area contributed by atoms with Crippen molar-refractivity contribution in [2.24, 2.45) is 0 Å². The summed E-state index contributed by atoms with van der Waals surface area (Å²) in [5.74, 6) is -0.508. The molecule has 1 fully saturated rings. The molecule has 25 heavy (non-hydrogen) atoms. The second kappa shape index (κ2) is 8.80. The molecule has 2 amide bonds. The zero-order valence-corrected chi connectivity index (χ0v) is 15.1. The van der Waals surface area contributed by atoms with Crippen LogP contribution >= 0.6 is 0 Å². The van der Waals surface area contributed by atoms with E-state index in [1.807, 2.05) is 13.8 Å². The number of benzene rings is 1. The predicted molar refractivity (Wildman–Crippen MR) is 93.2 cm³/mol. The van der Waals surface area contributed by atoms with Crippen LogP contribution in [0.1, 0.15) is 24.2 Å². The van der Waals surface area contributed by atoms with E-state index in [0.717, 1.165) is 0 Å². The number of ether oxygens (including phenoxy) is 1. The first-order chi connectivity index (χ1) is 12.0. The van der Waals surface area contributed by atoms with Crippen LogP contribution in [0.3, 0.4) is 0 Å². The molecule has 1 heterocycles. The van der Waals surface area contributed by atoms with Gasteiger partial charge in [0.25, 0.3) is 5.91 Å². The molecule has 1 aromatic carbocycles. The van der Waals surface area contributed by atoms with Crippen molar-refractivity contribution in [1.82, 2.24) is 14.7 Å². The largest absolute Gasteiger partial charge is 0.494 e. The van der Waals surface area contributed by atoms with Gasteiger partial charge in [0, 0.05) is 44.8 Å². The highest BCUT2D eigenvalue weighted by molar-refractivity contribution is 5.94. The van der Waals surface area contributed by atoms with Gasteiger partial charge in [-0.15, -0.1) is 0 Å². The molecule has 138 valence electrons. The molecular formula is C18H26FN3O3. The number of carbonyl (C=O) groups is 2. The minimum atomic E-state index is -0.545. The van der Waals surface area contributed by atoms with Gasteiger partial charge in [0.1, 0.15) is 0 Å². The Morgan fingerprint density at radius 1 is 1.16 bits per heavy atom. The second-order valence-corrected chi connectivity index (χ2v) is 5.98. The van der Waals surface area contributed by atoms with E-state index < -0.39 is 5.82 Å². The van der Waals surface area contributed by atoms with Gasteiger partial charge in [-0.1, -0.05) is 0 Å². The lowest BCUT2D eigenvalue weighted by molar-refractivity contribution is -0.132. The van der Waals surface area contributed by atoms with Gasteiger partial charge in [0.15, 0.2) is 11.6 Å². The standard InChI is InChI=1S/C18H26FN3O3/c1-4-21(5-2)17(23)13-20-8-10-22(11-9-20)18(24)14-6-7-16(25-3)15(19)12-14/h6-7,12H,4-5,8-11,13H2,1-3H3. The SMILES string of the molecule is CCN(CC)C(=O)CN1CCN(C(=O)c2ccc(OC)c(F)c2)CC1. The molecule has 0 bridgehead atoms. The number of halogens is 1. The van der Waals surface area contributed by atoms with E-state index in [0.29, 0.717) is 51.4 Å². The van der Waals surface area contributed by atoms with Gasteiger partial charge in [0.05, 0.1) is 13.7 Å². The van der Waals surface area contributed by atoms with Crippen LogP contribution in [0.15, 0.2) is 18.2 Å². The summed E-state index contributed by atoms with van der Waals surface area (Å²) in [5, 5.41) is 0. The molecule has 1 aliphatic heterocycles. The van der Waals surface area contributed by atoms with Gasteiger partial charge in [-0.2, -0.15) is 0 Å². The van der Waals surface area contributed by atoms with Crippen LogP contribution < -0.4 is 4.74 Å². The summed E-state index contributed by atoms with van der Waals surface area (Å²) in [6.45, 7) is 8.04. The number of rotatable bonds is 6. The smallest absolute Gasteiger partial charge is 0.254 e. The number of likely N-dealkylation sites (N-methyl/N-ethyl adjacent to an activating group) is 1. The Hall–Kier alpha value is -2.15. The molecular weight excluding hydrogens is 325 g/mol. The Balaban J connectivity index is 1.90. The van der Waals surface area contributed by atoms with Crippen molar-refractivity contribution in [2.45, 2.75) is 13.8 Å². The van der Waals surface area contributed by atoms with E-state index in [-0.39, 0.29) is 17.6 Å². The van der Waals surface area contributed by atoms with Crippen molar-refractivity contribution < 1.29 is 18.7 Å². The lowest BCUT2D eigenvalue weighted by Crippen LogP contribution is -2.51. The predicted octanol–water partition coefficient (Wildman–Crippen LogP) is 1.46. The first-order valence-electron chi connectivity index (χ1n) is 8.63. The van der Waals surface area contributed by atoms with Crippen LogP contribution in [0.5, 0.6) is 5.75 Å². The fraction of sp³-hybridized carbons (Fsp3) is 0.556. The number of piperazine rings is 1. The lowest BCUT2D eigenvalue weighted by atomic mass is 10.1. The van der Waals surface area contributed by atoms with Crippen LogP contribution in [0, 0.1) is 5.82 Å². The number of hydrogen-bond donors (Lipinski definition) is 0. The summed E-state index contributed by atoms with van der Waals surface area (Å²) in [4.78, 5) is 30.2. The summed E-state index contributed by atoms with van der Waals surface area (Å²) in [6.07, 6.45) is 0. The number of amides is 2. The van der Waals surface area contributed by atoms with Gasteiger partial charge in [-0.25, -0.2) is 4.39 Å². The summed E-state index contributed by atoms with van der Waals surface area (Å²) in [7, 11) is 1.39. The Morgan fingerprint density at radius 2 is 1.80 bits per heavy atom. The van der Waals surface area contributed by atoms with E-state index in [1.54, 1.807) is 15.9 Å². The monoisotopic (exact) mass is 351 g/mol. The molecule has 0 atom stereocenters. The molecule has 6 nitrogen and oxygen atoms in total. The Labute approximate surface area is 148 Å². The first-order valence-corrected chi connectivity index (χ1v) is 8.63. The minimum Gasteiger partial charge on any atom is -0.494 e. The first kappa shape index (κ1) is 19.2. The molecule has 0 unspecified atom stereocenters. The maximum atomic E-state index is 13.8. The third kappa shape index (κ3) is 4.69. The third-order valence-corrected chi connectivity index (χ3v) is 4.53. The Kier molecular flexibility index (Phi) is 6.75. The van der Waals surface area contributed by atoms with Crippen molar-refractivity contribution in [3.8, 4) is 5.75 Å². The van der Waals surface area contributed by atoms with Crippen molar-refractivity contribution in [3.63, 3.8) is 0 Å². The van der Waals surface area contributed by atoms with Crippen molar-refractivity contribution >= 4 is 11.8 Å². The number of carbonyl (C=O) groups excluding carboxylic acids is 2. The molecule has 1 aromatic rings. The summed E-state index contributed by atoms with van der Waals surface area (Å²) in [5.41, 5.74) is 0.311. The number of nitrogens with zero attached hydrogens (tertiary/aromatic N) is 3. The summed E-state index contributed by atoms with van der Waals surface area (Å²) in [6, 6.07) is 4.24. The minimum absolute atomic E-state index is 0.113. The number of methoxy groups -OCH3 is 1. The maximum absolute atomic E-state index is 13.8. The summed E-state index contributed by atoms with van der Waals surface area (Å²) < 4.78 is 18.7. The third-order valence-electron chi connectivity index (χ3n) is 4.53. The molecule has 0 N–H and O–H groups in total. The van der Waals surface area contributed by atoms with Crippen molar-refractivity contribution in [3.05, 3.63) is 29.6 Å². The van der Waals surface area contributed by atoms with Crippen LogP contribution in [-0.2, 0) is 4.79 Å². The van der Waals surface area contributed by atoms with Gasteiger partial charge in [0.2, 0.25) is 5.91 Å². The Bertz CT molecular complexity index is 612. The van der Waals surface area contributed by atoms with Gasteiger partial charge >= 0.3 is 0 Å². The average molecular weight is 351 g/mol. The van der Waals surface area contributed by atoms with Gasteiger partial charge < -0.3 is 14.5 Å². The van der Waals surface area contributed by atoms with Gasteiger partial charge in [-0.05, 0) is 32.0 Å². The maximum Gasteiger partial charge on any atom is 0.254 e. The highest BCUT2D eigenvalue weighted by Crippen LogP contribution is 2.19. The van der Waals surface area contributed by atoms with E-state index in [1.165, 1.54) is 19.2 Å². The van der Waals surface area contributed by atoms with Crippen LogP contribution in [0.25, 0.3) is 0 Å². The fourth-order valence-corrected chi connectivity index (χ4v) is 2.96. The average Bonchev–Trinajstić information content (AvgIpc) is 2.62. The number of hydrogen-bond acceptors (Lipinski definition) is 4. The van der Waals surface area contributed by atoms with E-state index in [4.69, 9.17) is 4.74 Å². The molecule has 1 saturated heterocycles. The molecule has 0 saturated carbocycles. The van der Waals surface area contributed by atoms with Gasteiger partial charge in [-0.3, -0.25) is 14.5 Å². The zero-order valence-electron chi connectivity index (χ0n) is 15.1. The summed E-state index contributed by atoms with van der Waals surface area (Å²) >= 11 is 0. The van der Waals surface area contributed by atoms with E-state index >= 15 is 0 Å². The molecule has 0 aromatic heterocycles. The van der Waals surface area contributed by atoms with Crippen LogP contribution in [-0.4, -0.2) is 79.4 Å². The van der Waals surface area contributed by atoms with Crippen LogP contribution in [0.2, 0.25) is 0 Å². The molecule has 7 heteroatoms. The molecule has 0 spiro atoms. The van der Waals surface area contributed by atoms with E-state index in [2.05, 4.69) is 4.90 Å². The molecule has 1 aliphatic rings. The zero-order chi connectivity index (χ0) is 18.4. The molecule has 2 rings (SSSR count). The van der Waals surface area contributed by atoms with Crippen molar-refractivity contribution in [2.75, 3.05) is 52.9 Å².